The molecule has 0 aliphatic rings. The number of nitrogens with zero attached hydrogens (tertiary/aromatic N) is 2. The van der Waals surface area contributed by atoms with Crippen molar-refractivity contribution in [1.82, 2.24) is 10.3 Å². The van der Waals surface area contributed by atoms with E-state index in [0.29, 0.717) is 0 Å². The van der Waals surface area contributed by atoms with E-state index in [0.717, 1.165) is 12.3 Å². The van der Waals surface area contributed by atoms with Crippen LogP contribution in [-0.4, -0.2) is 44.0 Å². The monoisotopic (exact) mass is 317 g/mol. The van der Waals surface area contributed by atoms with Gasteiger partial charge < -0.3 is 15.5 Å². The van der Waals surface area contributed by atoms with Crippen molar-refractivity contribution in [2.45, 2.75) is 12.5 Å². The molecule has 0 spiro atoms. The number of aromatic nitrogens is 1. The highest BCUT2D eigenvalue weighted by Crippen LogP contribution is 2.25. The van der Waals surface area contributed by atoms with E-state index in [-0.39, 0.29) is 0 Å². The first-order chi connectivity index (χ1) is 9.73. The predicted molar refractivity (Wildman–Crippen MR) is 67.0 cm³/mol. The van der Waals surface area contributed by atoms with Gasteiger partial charge in [-0.1, -0.05) is 11.6 Å². The zero-order valence-electron chi connectivity index (χ0n) is 10.1. The van der Waals surface area contributed by atoms with Gasteiger partial charge >= 0.3 is 17.6 Å². The van der Waals surface area contributed by atoms with E-state index in [2.05, 4.69) is 4.98 Å². The molecule has 1 aromatic rings. The Morgan fingerprint density at radius 2 is 2.05 bits per heavy atom. The van der Waals surface area contributed by atoms with Crippen LogP contribution in [0.1, 0.15) is 16.8 Å². The molecule has 0 radical (unpaired) electrons. The van der Waals surface area contributed by atoms with E-state index in [9.17, 15) is 24.5 Å². The summed E-state index contributed by atoms with van der Waals surface area (Å²) in [4.78, 5) is 46.5. The van der Waals surface area contributed by atoms with Crippen molar-refractivity contribution < 1.29 is 29.5 Å². The molecule has 1 atom stereocenters. The normalized spacial score (nSPS) is 11.5. The van der Waals surface area contributed by atoms with Gasteiger partial charge in [0.1, 0.15) is 11.6 Å². The summed E-state index contributed by atoms with van der Waals surface area (Å²) in [5.41, 5.74) is -1.31. The molecule has 1 aromatic heterocycles. The fourth-order valence-corrected chi connectivity index (χ4v) is 1.62. The molecule has 10 nitrogen and oxygen atoms in total. The van der Waals surface area contributed by atoms with Gasteiger partial charge in [-0.3, -0.25) is 19.7 Å². The summed E-state index contributed by atoms with van der Waals surface area (Å²) < 4.78 is 0. The largest absolute Gasteiger partial charge is 0.481 e. The number of hydrogen-bond acceptors (Lipinski definition) is 6. The Morgan fingerprint density at radius 3 is 2.52 bits per heavy atom. The number of carboxylic acids is 2. The molecule has 3 N–H and O–H groups in total. The number of rotatable bonds is 6. The molecule has 0 bridgehead atoms. The molecule has 1 amide bonds. The van der Waals surface area contributed by atoms with Crippen LogP contribution >= 0.6 is 11.6 Å². The molecule has 0 aliphatic heterocycles. The Kier molecular flexibility index (Phi) is 5.13. The number of aliphatic carboxylic acids is 2. The van der Waals surface area contributed by atoms with Crippen molar-refractivity contribution in [2.24, 2.45) is 0 Å². The Balaban J connectivity index is 3.09. The minimum atomic E-state index is -1.73. The molecule has 112 valence electrons. The van der Waals surface area contributed by atoms with Gasteiger partial charge in [-0.15, -0.1) is 0 Å². The average molecular weight is 318 g/mol. The summed E-state index contributed by atoms with van der Waals surface area (Å²) in [6.07, 6.45) is 0.144. The number of hydrogen-bond donors (Lipinski definition) is 3. The molecule has 0 unspecified atom stereocenters. The van der Waals surface area contributed by atoms with Crippen LogP contribution in [0.4, 0.5) is 5.69 Å². The van der Waals surface area contributed by atoms with E-state index in [4.69, 9.17) is 21.8 Å². The molecule has 0 saturated carbocycles. The zero-order valence-corrected chi connectivity index (χ0v) is 10.9. The van der Waals surface area contributed by atoms with Crippen LogP contribution in [0.25, 0.3) is 0 Å². The second-order valence-electron chi connectivity index (χ2n) is 3.72. The maximum atomic E-state index is 11.9. The molecule has 0 saturated heterocycles. The summed E-state index contributed by atoms with van der Waals surface area (Å²) in [6, 6.07) is -0.763. The maximum absolute atomic E-state index is 11.9. The lowest BCUT2D eigenvalue weighted by Crippen LogP contribution is -2.42. The highest BCUT2D eigenvalue weighted by molar-refractivity contribution is 6.32. The third-order valence-electron chi connectivity index (χ3n) is 2.29. The van der Waals surface area contributed by atoms with Gasteiger partial charge in [0.25, 0.3) is 5.91 Å². The summed E-state index contributed by atoms with van der Waals surface area (Å²) in [7, 11) is 0. The molecular weight excluding hydrogens is 310 g/mol. The zero-order chi connectivity index (χ0) is 16.2. The number of halogens is 1. The number of carbonyl (C=O) groups is 3. The van der Waals surface area contributed by atoms with E-state index >= 15 is 0 Å². The quantitative estimate of drug-likeness (QED) is 0.383. The second kappa shape index (κ2) is 6.61. The van der Waals surface area contributed by atoms with Crippen molar-refractivity contribution in [3.8, 4) is 0 Å². The number of nitro groups is 1. The fourth-order valence-electron chi connectivity index (χ4n) is 1.40. The van der Waals surface area contributed by atoms with Gasteiger partial charge in [-0.2, -0.15) is 0 Å². The van der Waals surface area contributed by atoms with E-state index in [1.807, 2.05) is 5.32 Å². The second-order valence-corrected chi connectivity index (χ2v) is 4.08. The first-order valence-electron chi connectivity index (χ1n) is 5.28. The third-order valence-corrected chi connectivity index (χ3v) is 2.57. The minimum absolute atomic E-state index is 0.517. The Morgan fingerprint density at radius 1 is 1.43 bits per heavy atom. The Bertz CT molecular complexity index is 619. The lowest BCUT2D eigenvalue weighted by Gasteiger charge is -2.12. The highest BCUT2D eigenvalue weighted by Gasteiger charge is 2.29. The standard InChI is InChI=1S/C10H8ClN3O7/c11-8-7(14(20)21)4(1-2-12-8)9(17)13-5(10(18)19)3-6(15)16/h1-2,5H,3H2,(H,13,17)(H,15,16)(H,18,19)/t5-/m0/s1. The van der Waals surface area contributed by atoms with Gasteiger partial charge in [0, 0.05) is 6.20 Å². The van der Waals surface area contributed by atoms with Crippen LogP contribution < -0.4 is 5.32 Å². The summed E-state index contributed by atoms with van der Waals surface area (Å²) >= 11 is 5.51. The van der Waals surface area contributed by atoms with E-state index < -0.39 is 51.6 Å². The van der Waals surface area contributed by atoms with Crippen molar-refractivity contribution in [3.05, 3.63) is 33.1 Å². The smallest absolute Gasteiger partial charge is 0.326 e. The summed E-state index contributed by atoms with van der Waals surface area (Å²) in [5.74, 6) is -4.18. The SMILES string of the molecule is O=C(O)C[C@H](NC(=O)c1ccnc(Cl)c1[N+](=O)[O-])C(=O)O. The molecular formula is C10H8ClN3O7. The third kappa shape index (κ3) is 4.11. The molecule has 0 fully saturated rings. The number of pyridine rings is 1. The number of carboxylic acid groups (broad SMARTS) is 2. The van der Waals surface area contributed by atoms with Gasteiger partial charge in [-0.25, -0.2) is 9.78 Å². The van der Waals surface area contributed by atoms with Crippen LogP contribution in [-0.2, 0) is 9.59 Å². The van der Waals surface area contributed by atoms with Crippen molar-refractivity contribution >= 4 is 35.1 Å². The fraction of sp³-hybridized carbons (Fsp3) is 0.200. The average Bonchev–Trinajstić information content (AvgIpc) is 2.36. The Hall–Kier alpha value is -2.75. The molecule has 11 heteroatoms. The van der Waals surface area contributed by atoms with Crippen LogP contribution in [0.3, 0.4) is 0 Å². The van der Waals surface area contributed by atoms with Crippen molar-refractivity contribution in [2.75, 3.05) is 0 Å². The van der Waals surface area contributed by atoms with Gasteiger partial charge in [0.05, 0.1) is 11.3 Å². The van der Waals surface area contributed by atoms with Gasteiger partial charge in [-0.05, 0) is 6.07 Å². The number of amides is 1. The number of carbonyl (C=O) groups excluding carboxylic acids is 1. The van der Waals surface area contributed by atoms with E-state index in [1.54, 1.807) is 0 Å². The molecule has 0 aromatic carbocycles. The topological polar surface area (TPSA) is 160 Å². The van der Waals surface area contributed by atoms with Crippen LogP contribution in [0.15, 0.2) is 12.3 Å². The van der Waals surface area contributed by atoms with Crippen LogP contribution in [0, 0.1) is 10.1 Å². The molecule has 0 aliphatic carbocycles. The minimum Gasteiger partial charge on any atom is -0.481 e. The van der Waals surface area contributed by atoms with Crippen molar-refractivity contribution in [1.29, 1.82) is 0 Å². The lowest BCUT2D eigenvalue weighted by molar-refractivity contribution is -0.385. The van der Waals surface area contributed by atoms with Crippen LogP contribution in [0.5, 0.6) is 0 Å². The summed E-state index contributed by atoms with van der Waals surface area (Å²) in [6.45, 7) is 0. The van der Waals surface area contributed by atoms with Crippen molar-refractivity contribution in [3.63, 3.8) is 0 Å². The Labute approximate surface area is 121 Å². The van der Waals surface area contributed by atoms with Gasteiger partial charge in [0.15, 0.2) is 0 Å². The molecule has 1 rings (SSSR count). The van der Waals surface area contributed by atoms with Crippen LogP contribution in [0.2, 0.25) is 5.15 Å². The highest BCUT2D eigenvalue weighted by atomic mass is 35.5. The molecule has 1 heterocycles. The lowest BCUT2D eigenvalue weighted by atomic mass is 10.1. The first kappa shape index (κ1) is 16.3. The summed E-state index contributed by atoms with van der Waals surface area (Å²) in [5, 5.41) is 29.5. The van der Waals surface area contributed by atoms with Gasteiger partial charge in [0.2, 0.25) is 5.15 Å². The molecule has 21 heavy (non-hydrogen) atoms. The predicted octanol–water partition coefficient (Wildman–Crippen LogP) is 0.301. The first-order valence-corrected chi connectivity index (χ1v) is 5.66. The number of nitrogens with one attached hydrogen (secondary N) is 1. The maximum Gasteiger partial charge on any atom is 0.326 e. The van der Waals surface area contributed by atoms with E-state index in [1.165, 1.54) is 0 Å².